The summed E-state index contributed by atoms with van der Waals surface area (Å²) < 4.78 is 18.9. The Morgan fingerprint density at radius 1 is 1.18 bits per heavy atom. The Bertz CT molecular complexity index is 769. The molecule has 1 aromatic carbocycles. The molecular formula is C20H27ClFN3O3. The number of anilines is 1. The number of imide groups is 1. The Balaban J connectivity index is 0.00000225. The lowest BCUT2D eigenvalue weighted by Gasteiger charge is -2.36. The van der Waals surface area contributed by atoms with E-state index < -0.39 is 5.41 Å². The van der Waals surface area contributed by atoms with Crippen LogP contribution in [-0.4, -0.2) is 68.0 Å². The molecule has 0 N–H and O–H groups in total. The van der Waals surface area contributed by atoms with Crippen molar-refractivity contribution in [1.82, 2.24) is 9.80 Å². The van der Waals surface area contributed by atoms with Crippen LogP contribution < -0.4 is 9.64 Å². The van der Waals surface area contributed by atoms with Crippen LogP contribution in [0.4, 0.5) is 10.1 Å². The van der Waals surface area contributed by atoms with E-state index in [1.54, 1.807) is 13.2 Å². The summed E-state index contributed by atoms with van der Waals surface area (Å²) in [5.41, 5.74) is 0.394. The third kappa shape index (κ3) is 3.57. The second kappa shape index (κ2) is 7.87. The van der Waals surface area contributed by atoms with Gasteiger partial charge in [0.1, 0.15) is 11.6 Å². The monoisotopic (exact) mass is 411 g/mol. The van der Waals surface area contributed by atoms with Crippen LogP contribution in [0.5, 0.6) is 5.75 Å². The van der Waals surface area contributed by atoms with Crippen molar-refractivity contribution in [3.63, 3.8) is 0 Å². The third-order valence-corrected chi connectivity index (χ3v) is 6.24. The van der Waals surface area contributed by atoms with E-state index in [1.165, 1.54) is 17.0 Å². The minimum Gasteiger partial charge on any atom is -0.495 e. The Morgan fingerprint density at radius 2 is 1.89 bits per heavy atom. The van der Waals surface area contributed by atoms with Gasteiger partial charge in [-0.15, -0.1) is 12.4 Å². The van der Waals surface area contributed by atoms with Gasteiger partial charge in [-0.25, -0.2) is 4.39 Å². The Hall–Kier alpha value is -1.86. The first-order chi connectivity index (χ1) is 12.9. The summed E-state index contributed by atoms with van der Waals surface area (Å²) in [5, 5.41) is 0. The van der Waals surface area contributed by atoms with Gasteiger partial charge in [-0.05, 0) is 38.4 Å². The molecule has 2 saturated heterocycles. The van der Waals surface area contributed by atoms with Crippen molar-refractivity contribution in [2.75, 3.05) is 51.3 Å². The van der Waals surface area contributed by atoms with Crippen molar-refractivity contribution in [1.29, 1.82) is 0 Å². The molecule has 0 radical (unpaired) electrons. The molecule has 2 amide bonds. The van der Waals surface area contributed by atoms with Crippen molar-refractivity contribution >= 4 is 29.9 Å². The number of rotatable bonds is 6. The van der Waals surface area contributed by atoms with Gasteiger partial charge in [0.25, 0.3) is 0 Å². The number of likely N-dealkylation sites (tertiary alicyclic amines) is 1. The zero-order valence-corrected chi connectivity index (χ0v) is 17.1. The highest BCUT2D eigenvalue weighted by Gasteiger charge is 2.68. The molecule has 2 heterocycles. The number of carbonyl (C=O) groups is 2. The molecule has 8 heteroatoms. The molecule has 2 atom stereocenters. The first-order valence-electron chi connectivity index (χ1n) is 9.60. The van der Waals surface area contributed by atoms with E-state index in [-0.39, 0.29) is 36.0 Å². The Kier molecular flexibility index (Phi) is 5.87. The van der Waals surface area contributed by atoms with Gasteiger partial charge in [0, 0.05) is 38.8 Å². The van der Waals surface area contributed by atoms with E-state index in [4.69, 9.17) is 4.74 Å². The largest absolute Gasteiger partial charge is 0.495 e. The van der Waals surface area contributed by atoms with Gasteiger partial charge in [-0.1, -0.05) is 0 Å². The van der Waals surface area contributed by atoms with E-state index in [0.29, 0.717) is 12.3 Å². The van der Waals surface area contributed by atoms with Gasteiger partial charge in [0.15, 0.2) is 0 Å². The fourth-order valence-electron chi connectivity index (χ4n) is 4.34. The highest BCUT2D eigenvalue weighted by Crippen LogP contribution is 2.58. The molecule has 0 bridgehead atoms. The molecule has 3 aliphatic rings. The predicted molar refractivity (Wildman–Crippen MR) is 106 cm³/mol. The van der Waals surface area contributed by atoms with Crippen LogP contribution in [-0.2, 0) is 9.59 Å². The van der Waals surface area contributed by atoms with Gasteiger partial charge in [0.05, 0.1) is 24.1 Å². The van der Waals surface area contributed by atoms with Crippen molar-refractivity contribution in [2.45, 2.75) is 19.8 Å². The lowest BCUT2D eigenvalue weighted by atomic mass is 10.1. The average molecular weight is 412 g/mol. The summed E-state index contributed by atoms with van der Waals surface area (Å²) in [6.07, 6.45) is 1.52. The molecule has 0 spiro atoms. The Labute approximate surface area is 171 Å². The number of piperazine rings is 1. The first-order valence-corrected chi connectivity index (χ1v) is 9.60. The number of amides is 2. The number of halogens is 2. The highest BCUT2D eigenvalue weighted by atomic mass is 35.5. The second-order valence-corrected chi connectivity index (χ2v) is 7.97. The second-order valence-electron chi connectivity index (χ2n) is 7.97. The maximum absolute atomic E-state index is 13.6. The lowest BCUT2D eigenvalue weighted by Crippen LogP contribution is -2.47. The van der Waals surface area contributed by atoms with E-state index in [9.17, 15) is 14.0 Å². The van der Waals surface area contributed by atoms with Crippen LogP contribution in [0.1, 0.15) is 19.8 Å². The van der Waals surface area contributed by atoms with Gasteiger partial charge in [-0.2, -0.15) is 0 Å². The number of hydrogen-bond donors (Lipinski definition) is 0. The maximum Gasteiger partial charge on any atom is 0.235 e. The number of carbonyl (C=O) groups excluding carboxylic acids is 2. The smallest absolute Gasteiger partial charge is 0.235 e. The van der Waals surface area contributed by atoms with Crippen LogP contribution >= 0.6 is 12.4 Å². The minimum atomic E-state index is -0.396. The number of benzene rings is 1. The molecule has 6 nitrogen and oxygen atoms in total. The quantitative estimate of drug-likeness (QED) is 0.671. The fourth-order valence-corrected chi connectivity index (χ4v) is 4.34. The molecule has 1 aromatic rings. The molecule has 3 fully saturated rings. The summed E-state index contributed by atoms with van der Waals surface area (Å²) in [7, 11) is 1.60. The predicted octanol–water partition coefficient (Wildman–Crippen LogP) is 2.16. The average Bonchev–Trinajstić information content (AvgIpc) is 3.33. The summed E-state index contributed by atoms with van der Waals surface area (Å²) >= 11 is 0. The van der Waals surface area contributed by atoms with E-state index in [0.717, 1.165) is 51.3 Å². The SMILES string of the molecule is COc1ccc(F)cc1N1CCN(CCCN2C(=O)C3CC3(C)C2=O)CC1.Cl. The molecule has 4 rings (SSSR count). The first kappa shape index (κ1) is 20.9. The lowest BCUT2D eigenvalue weighted by molar-refractivity contribution is -0.142. The summed E-state index contributed by atoms with van der Waals surface area (Å²) in [6.45, 7) is 6.58. The van der Waals surface area contributed by atoms with Gasteiger partial charge < -0.3 is 9.64 Å². The fraction of sp³-hybridized carbons (Fsp3) is 0.600. The van der Waals surface area contributed by atoms with Crippen LogP contribution in [0.2, 0.25) is 0 Å². The molecule has 2 aliphatic heterocycles. The summed E-state index contributed by atoms with van der Waals surface area (Å²) in [5.74, 6) is 0.392. The molecule has 28 heavy (non-hydrogen) atoms. The number of ether oxygens (including phenoxy) is 1. The van der Waals surface area contributed by atoms with Crippen LogP contribution in [0, 0.1) is 17.2 Å². The van der Waals surface area contributed by atoms with E-state index in [1.807, 2.05) is 6.92 Å². The number of methoxy groups -OCH3 is 1. The number of piperidine rings is 1. The molecule has 1 saturated carbocycles. The molecule has 154 valence electrons. The van der Waals surface area contributed by atoms with Crippen molar-refractivity contribution < 1.29 is 18.7 Å². The van der Waals surface area contributed by atoms with Crippen LogP contribution in [0.15, 0.2) is 18.2 Å². The van der Waals surface area contributed by atoms with Gasteiger partial charge in [0.2, 0.25) is 11.8 Å². The highest BCUT2D eigenvalue weighted by molar-refractivity contribution is 6.11. The van der Waals surface area contributed by atoms with E-state index in [2.05, 4.69) is 9.80 Å². The molecule has 1 aliphatic carbocycles. The number of hydrogen-bond acceptors (Lipinski definition) is 5. The zero-order chi connectivity index (χ0) is 19.2. The normalized spacial score (nSPS) is 26.9. The van der Waals surface area contributed by atoms with Crippen molar-refractivity contribution in [2.24, 2.45) is 11.3 Å². The van der Waals surface area contributed by atoms with Crippen LogP contribution in [0.25, 0.3) is 0 Å². The maximum atomic E-state index is 13.6. The van der Waals surface area contributed by atoms with Crippen molar-refractivity contribution in [3.8, 4) is 5.75 Å². The summed E-state index contributed by atoms with van der Waals surface area (Å²) in [4.78, 5) is 30.4. The number of nitrogens with zero attached hydrogens (tertiary/aromatic N) is 3. The zero-order valence-electron chi connectivity index (χ0n) is 16.3. The molecule has 0 aromatic heterocycles. The Morgan fingerprint density at radius 3 is 2.50 bits per heavy atom. The third-order valence-electron chi connectivity index (χ3n) is 6.24. The number of fused-ring (bicyclic) bond motifs is 1. The van der Waals surface area contributed by atoms with Crippen molar-refractivity contribution in [3.05, 3.63) is 24.0 Å². The van der Waals surface area contributed by atoms with Gasteiger partial charge in [-0.3, -0.25) is 19.4 Å². The van der Waals surface area contributed by atoms with Gasteiger partial charge >= 0.3 is 0 Å². The summed E-state index contributed by atoms with van der Waals surface area (Å²) in [6, 6.07) is 4.58. The van der Waals surface area contributed by atoms with Crippen LogP contribution in [0.3, 0.4) is 0 Å². The minimum absolute atomic E-state index is 0. The molecule has 2 unspecified atom stereocenters. The topological polar surface area (TPSA) is 53.1 Å². The standard InChI is InChI=1S/C20H26FN3O3.ClH/c1-20-13-15(20)18(25)24(19(20)26)7-3-6-22-8-10-23(11-9-22)16-12-14(21)4-5-17(16)27-2;/h4-5,12,15H,3,6-11,13H2,1-2H3;1H. The molecular weight excluding hydrogens is 385 g/mol. The van der Waals surface area contributed by atoms with E-state index >= 15 is 0 Å².